The SMILES string of the molecule is CC/C=C\C/C=C\C/C=C\C/C=C\CCCCCCCCCCCCC(=O)OC(COC(=O)CCCCCCCC)COC(OCC[N+](C)(C)C)C(=O)[O-]. The van der Waals surface area contributed by atoms with Crippen molar-refractivity contribution >= 4 is 17.9 Å². The number of quaternary nitrogens is 1. The van der Waals surface area contributed by atoms with E-state index in [-0.39, 0.29) is 38.6 Å². The number of carbonyl (C=O) groups is 3. The van der Waals surface area contributed by atoms with E-state index >= 15 is 0 Å². The van der Waals surface area contributed by atoms with Crippen LogP contribution < -0.4 is 5.11 Å². The molecular formula is C45H79NO8. The van der Waals surface area contributed by atoms with Crippen LogP contribution in [0.1, 0.15) is 162 Å². The minimum absolute atomic E-state index is 0.146. The van der Waals surface area contributed by atoms with Gasteiger partial charge in [-0.3, -0.25) is 9.59 Å². The van der Waals surface area contributed by atoms with Gasteiger partial charge in [0.05, 0.1) is 40.3 Å². The molecule has 2 unspecified atom stereocenters. The number of esters is 2. The standard InChI is InChI=1S/C45H79NO8/c1-6-8-10-12-14-15-16-17-18-19-20-21-22-23-24-25-26-27-28-29-30-32-34-36-43(48)54-41(39-52-42(47)35-33-31-13-11-9-7-2)40-53-45(44(49)50)51-38-37-46(3,4)5/h8,10,14-15,17-18,20-21,41,45H,6-7,9,11-13,16,19,22-40H2,1-5H3/b10-8-,15-14-,18-17-,21-20-. The molecule has 0 radical (unpaired) electrons. The lowest BCUT2D eigenvalue weighted by atomic mass is 10.0. The van der Waals surface area contributed by atoms with Gasteiger partial charge in [0, 0.05) is 12.8 Å². The molecule has 9 nitrogen and oxygen atoms in total. The Morgan fingerprint density at radius 1 is 0.574 bits per heavy atom. The fraction of sp³-hybridized carbons (Fsp3) is 0.756. The molecule has 0 rings (SSSR count). The zero-order chi connectivity index (χ0) is 40.0. The van der Waals surface area contributed by atoms with Gasteiger partial charge in [0.15, 0.2) is 12.4 Å². The van der Waals surface area contributed by atoms with Crippen LogP contribution in [0.3, 0.4) is 0 Å². The van der Waals surface area contributed by atoms with Gasteiger partial charge in [0.2, 0.25) is 0 Å². The Balaban J connectivity index is 4.26. The lowest BCUT2D eigenvalue weighted by Gasteiger charge is -2.26. The summed E-state index contributed by atoms with van der Waals surface area (Å²) in [5, 5.41) is 11.6. The largest absolute Gasteiger partial charge is 0.545 e. The van der Waals surface area contributed by atoms with Crippen LogP contribution in [-0.2, 0) is 33.3 Å². The predicted octanol–water partition coefficient (Wildman–Crippen LogP) is 9.49. The first-order valence-corrected chi connectivity index (χ1v) is 21.3. The van der Waals surface area contributed by atoms with Crippen LogP contribution in [0, 0.1) is 0 Å². The van der Waals surface area contributed by atoms with Crippen LogP contribution in [0.5, 0.6) is 0 Å². The lowest BCUT2D eigenvalue weighted by molar-refractivity contribution is -0.870. The molecule has 0 heterocycles. The van der Waals surface area contributed by atoms with Crippen LogP contribution in [0.4, 0.5) is 0 Å². The van der Waals surface area contributed by atoms with Crippen molar-refractivity contribution in [1.29, 1.82) is 0 Å². The number of carbonyl (C=O) groups excluding carboxylic acids is 3. The van der Waals surface area contributed by atoms with E-state index in [4.69, 9.17) is 18.9 Å². The molecular weight excluding hydrogens is 682 g/mol. The van der Waals surface area contributed by atoms with Crippen LogP contribution in [0.25, 0.3) is 0 Å². The fourth-order valence-electron chi connectivity index (χ4n) is 5.52. The number of hydrogen-bond acceptors (Lipinski definition) is 8. The van der Waals surface area contributed by atoms with Gasteiger partial charge in [-0.2, -0.15) is 0 Å². The van der Waals surface area contributed by atoms with Gasteiger partial charge in [-0.05, 0) is 51.4 Å². The summed E-state index contributed by atoms with van der Waals surface area (Å²) < 4.78 is 22.4. The molecule has 312 valence electrons. The summed E-state index contributed by atoms with van der Waals surface area (Å²) >= 11 is 0. The highest BCUT2D eigenvalue weighted by Gasteiger charge is 2.21. The second-order valence-electron chi connectivity index (χ2n) is 15.3. The van der Waals surface area contributed by atoms with Crippen molar-refractivity contribution in [3.8, 4) is 0 Å². The Morgan fingerprint density at radius 2 is 1.06 bits per heavy atom. The third kappa shape index (κ3) is 37.6. The van der Waals surface area contributed by atoms with E-state index in [9.17, 15) is 19.5 Å². The Bertz CT molecular complexity index is 1030. The maximum atomic E-state index is 12.7. The molecule has 0 amide bonds. The quantitative estimate of drug-likeness (QED) is 0.0201. The molecule has 0 aliphatic carbocycles. The van der Waals surface area contributed by atoms with Gasteiger partial charge in [-0.25, -0.2) is 0 Å². The lowest BCUT2D eigenvalue weighted by Crippen LogP contribution is -2.44. The third-order valence-electron chi connectivity index (χ3n) is 8.84. The average Bonchev–Trinajstić information content (AvgIpc) is 3.12. The molecule has 0 aliphatic heterocycles. The second-order valence-corrected chi connectivity index (χ2v) is 15.3. The van der Waals surface area contributed by atoms with E-state index in [1.54, 1.807) is 0 Å². The summed E-state index contributed by atoms with van der Waals surface area (Å²) in [6, 6.07) is 0. The molecule has 54 heavy (non-hydrogen) atoms. The first kappa shape index (κ1) is 51.2. The minimum atomic E-state index is -1.62. The van der Waals surface area contributed by atoms with E-state index in [1.807, 2.05) is 21.1 Å². The van der Waals surface area contributed by atoms with Crippen molar-refractivity contribution < 1.29 is 42.9 Å². The molecule has 0 aromatic heterocycles. The van der Waals surface area contributed by atoms with Gasteiger partial charge >= 0.3 is 11.9 Å². The number of carboxylic acid groups (broad SMARTS) is 1. The maximum Gasteiger partial charge on any atom is 0.306 e. The van der Waals surface area contributed by atoms with Crippen LogP contribution in [-0.4, -0.2) is 82.3 Å². The number of likely N-dealkylation sites (N-methyl/N-ethyl adjacent to an activating group) is 1. The number of nitrogens with zero attached hydrogens (tertiary/aromatic N) is 1. The predicted molar refractivity (Wildman–Crippen MR) is 219 cm³/mol. The van der Waals surface area contributed by atoms with E-state index in [2.05, 4.69) is 62.5 Å². The van der Waals surface area contributed by atoms with E-state index in [0.29, 0.717) is 17.4 Å². The van der Waals surface area contributed by atoms with Crippen molar-refractivity contribution in [1.82, 2.24) is 0 Å². The number of rotatable bonds is 38. The molecule has 0 aliphatic rings. The minimum Gasteiger partial charge on any atom is -0.545 e. The second kappa shape index (κ2) is 37.2. The van der Waals surface area contributed by atoms with Gasteiger partial charge in [-0.15, -0.1) is 0 Å². The number of unbranched alkanes of at least 4 members (excludes halogenated alkanes) is 15. The highest BCUT2D eigenvalue weighted by Crippen LogP contribution is 2.14. The van der Waals surface area contributed by atoms with Crippen molar-refractivity contribution in [3.05, 3.63) is 48.6 Å². The van der Waals surface area contributed by atoms with Crippen molar-refractivity contribution in [3.63, 3.8) is 0 Å². The summed E-state index contributed by atoms with van der Waals surface area (Å²) in [6.07, 6.45) is 38.9. The Hall–Kier alpha value is -2.75. The maximum absolute atomic E-state index is 12.7. The summed E-state index contributed by atoms with van der Waals surface area (Å²) in [6.45, 7) is 4.54. The zero-order valence-corrected chi connectivity index (χ0v) is 35.1. The summed E-state index contributed by atoms with van der Waals surface area (Å²) in [4.78, 5) is 36.7. The smallest absolute Gasteiger partial charge is 0.306 e. The molecule has 2 atom stereocenters. The van der Waals surface area contributed by atoms with E-state index in [1.165, 1.54) is 51.4 Å². The average molecular weight is 762 g/mol. The molecule has 0 saturated carbocycles. The Labute approximate surface area is 330 Å². The third-order valence-corrected chi connectivity index (χ3v) is 8.84. The summed E-state index contributed by atoms with van der Waals surface area (Å²) in [5.74, 6) is -2.31. The van der Waals surface area contributed by atoms with Crippen LogP contribution >= 0.6 is 0 Å². The molecule has 0 aromatic rings. The van der Waals surface area contributed by atoms with Crippen LogP contribution in [0.2, 0.25) is 0 Å². The van der Waals surface area contributed by atoms with Gasteiger partial charge < -0.3 is 33.3 Å². The van der Waals surface area contributed by atoms with Gasteiger partial charge in [0.25, 0.3) is 0 Å². The molecule has 0 N–H and O–H groups in total. The monoisotopic (exact) mass is 762 g/mol. The molecule has 0 bridgehead atoms. The van der Waals surface area contributed by atoms with Crippen molar-refractivity contribution in [2.75, 3.05) is 47.5 Å². The van der Waals surface area contributed by atoms with E-state index in [0.717, 1.165) is 77.0 Å². The molecule has 0 aromatic carbocycles. The number of hydrogen-bond donors (Lipinski definition) is 0. The number of carboxylic acids is 1. The normalized spacial score (nSPS) is 13.4. The van der Waals surface area contributed by atoms with Gasteiger partial charge in [-0.1, -0.05) is 146 Å². The first-order valence-electron chi connectivity index (χ1n) is 21.3. The zero-order valence-electron chi connectivity index (χ0n) is 35.1. The Kier molecular flexibility index (Phi) is 35.3. The highest BCUT2D eigenvalue weighted by atomic mass is 16.7. The van der Waals surface area contributed by atoms with Gasteiger partial charge in [0.1, 0.15) is 13.2 Å². The molecule has 0 spiro atoms. The highest BCUT2D eigenvalue weighted by molar-refractivity contribution is 5.70. The van der Waals surface area contributed by atoms with Crippen LogP contribution in [0.15, 0.2) is 48.6 Å². The van der Waals surface area contributed by atoms with E-state index < -0.39 is 24.3 Å². The summed E-state index contributed by atoms with van der Waals surface area (Å²) in [7, 11) is 5.89. The number of aliphatic carboxylic acids is 1. The molecule has 0 fully saturated rings. The number of allylic oxidation sites excluding steroid dienone is 8. The first-order chi connectivity index (χ1) is 26.1. The molecule has 9 heteroatoms. The number of ether oxygens (including phenoxy) is 4. The van der Waals surface area contributed by atoms with Crippen molar-refractivity contribution in [2.45, 2.75) is 174 Å². The Morgan fingerprint density at radius 3 is 1.57 bits per heavy atom. The topological polar surface area (TPSA) is 111 Å². The summed E-state index contributed by atoms with van der Waals surface area (Å²) in [5.41, 5.74) is 0. The fourth-order valence-corrected chi connectivity index (χ4v) is 5.52. The van der Waals surface area contributed by atoms with Crippen molar-refractivity contribution in [2.24, 2.45) is 0 Å². The molecule has 0 saturated heterocycles.